The number of fused-ring (bicyclic) bond motifs is 2. The minimum Gasteiger partial charge on any atom is -0.481 e. The SMILES string of the molecule is CC(=O)N1C2CCC1(CC(=O)O)CC2. The van der Waals surface area contributed by atoms with Crippen molar-refractivity contribution in [3.63, 3.8) is 0 Å². The van der Waals surface area contributed by atoms with Crippen LogP contribution < -0.4 is 0 Å². The minimum absolute atomic E-state index is 0.0336. The maximum atomic E-state index is 11.4. The molecule has 0 aromatic carbocycles. The second-order valence-corrected chi connectivity index (χ2v) is 4.42. The van der Waals surface area contributed by atoms with Crippen LogP contribution in [0.25, 0.3) is 0 Å². The van der Waals surface area contributed by atoms with E-state index in [0.717, 1.165) is 25.7 Å². The smallest absolute Gasteiger partial charge is 0.305 e. The monoisotopic (exact) mass is 197 g/mol. The Hall–Kier alpha value is -1.06. The lowest BCUT2D eigenvalue weighted by Gasteiger charge is -2.32. The third kappa shape index (κ3) is 1.21. The Labute approximate surface area is 82.9 Å². The van der Waals surface area contributed by atoms with Crippen molar-refractivity contribution in [3.8, 4) is 0 Å². The third-order valence-corrected chi connectivity index (χ3v) is 3.58. The lowest BCUT2D eigenvalue weighted by Crippen LogP contribution is -2.45. The molecule has 0 spiro atoms. The van der Waals surface area contributed by atoms with Gasteiger partial charge in [0.25, 0.3) is 0 Å². The van der Waals surface area contributed by atoms with E-state index in [0.29, 0.717) is 6.04 Å². The molecular weight excluding hydrogens is 182 g/mol. The van der Waals surface area contributed by atoms with Crippen LogP contribution in [0, 0.1) is 0 Å². The van der Waals surface area contributed by atoms with Crippen molar-refractivity contribution in [2.75, 3.05) is 0 Å². The van der Waals surface area contributed by atoms with Gasteiger partial charge in [0.1, 0.15) is 0 Å². The summed E-state index contributed by atoms with van der Waals surface area (Å²) < 4.78 is 0. The number of carbonyl (C=O) groups is 2. The lowest BCUT2D eigenvalue weighted by molar-refractivity contribution is -0.142. The summed E-state index contributed by atoms with van der Waals surface area (Å²) in [5.74, 6) is -0.759. The van der Waals surface area contributed by atoms with Gasteiger partial charge in [-0.25, -0.2) is 0 Å². The highest BCUT2D eigenvalue weighted by Gasteiger charge is 2.53. The third-order valence-electron chi connectivity index (χ3n) is 3.58. The fourth-order valence-electron chi connectivity index (χ4n) is 3.16. The number of carboxylic acid groups (broad SMARTS) is 1. The van der Waals surface area contributed by atoms with Gasteiger partial charge in [-0.15, -0.1) is 0 Å². The Balaban J connectivity index is 2.24. The Morgan fingerprint density at radius 1 is 1.43 bits per heavy atom. The van der Waals surface area contributed by atoms with Crippen LogP contribution in [-0.2, 0) is 9.59 Å². The van der Waals surface area contributed by atoms with Crippen LogP contribution in [0.4, 0.5) is 0 Å². The highest BCUT2D eigenvalue weighted by Crippen LogP contribution is 2.48. The molecule has 0 aromatic heterocycles. The molecule has 0 aliphatic carbocycles. The predicted molar refractivity (Wildman–Crippen MR) is 49.8 cm³/mol. The van der Waals surface area contributed by atoms with Gasteiger partial charge in [0, 0.05) is 13.0 Å². The molecule has 0 radical (unpaired) electrons. The van der Waals surface area contributed by atoms with Gasteiger partial charge in [0.2, 0.25) is 5.91 Å². The molecule has 4 heteroatoms. The van der Waals surface area contributed by atoms with Crippen molar-refractivity contribution in [2.45, 2.75) is 50.6 Å². The van der Waals surface area contributed by atoms with Gasteiger partial charge < -0.3 is 10.0 Å². The summed E-state index contributed by atoms with van der Waals surface area (Å²) in [5, 5.41) is 8.85. The summed E-state index contributed by atoms with van der Waals surface area (Å²) in [7, 11) is 0. The summed E-state index contributed by atoms with van der Waals surface area (Å²) >= 11 is 0. The highest BCUT2D eigenvalue weighted by atomic mass is 16.4. The Morgan fingerprint density at radius 3 is 2.43 bits per heavy atom. The van der Waals surface area contributed by atoms with Crippen molar-refractivity contribution in [2.24, 2.45) is 0 Å². The van der Waals surface area contributed by atoms with Crippen LogP contribution in [0.2, 0.25) is 0 Å². The molecule has 1 N–H and O–H groups in total. The van der Waals surface area contributed by atoms with Crippen molar-refractivity contribution in [1.29, 1.82) is 0 Å². The first kappa shape index (κ1) is 9.49. The number of rotatable bonds is 2. The molecule has 1 amide bonds. The van der Waals surface area contributed by atoms with Gasteiger partial charge in [-0.3, -0.25) is 9.59 Å². The largest absolute Gasteiger partial charge is 0.481 e. The van der Waals surface area contributed by atoms with E-state index in [9.17, 15) is 9.59 Å². The number of amides is 1. The number of hydrogen-bond donors (Lipinski definition) is 1. The van der Waals surface area contributed by atoms with Gasteiger partial charge in [0.05, 0.1) is 12.0 Å². The number of hydrogen-bond acceptors (Lipinski definition) is 2. The first-order valence-corrected chi connectivity index (χ1v) is 5.07. The second kappa shape index (κ2) is 2.97. The van der Waals surface area contributed by atoms with Crippen LogP contribution in [0.3, 0.4) is 0 Å². The summed E-state index contributed by atoms with van der Waals surface area (Å²) in [4.78, 5) is 24.0. The maximum absolute atomic E-state index is 11.4. The molecular formula is C10H15NO3. The maximum Gasteiger partial charge on any atom is 0.305 e. The fraction of sp³-hybridized carbons (Fsp3) is 0.800. The van der Waals surface area contributed by atoms with Gasteiger partial charge in [0.15, 0.2) is 0 Å². The van der Waals surface area contributed by atoms with Crippen LogP contribution in [-0.4, -0.2) is 33.5 Å². The molecule has 0 unspecified atom stereocenters. The average molecular weight is 197 g/mol. The Kier molecular flexibility index (Phi) is 2.01. The van der Waals surface area contributed by atoms with E-state index in [1.807, 2.05) is 4.90 Å². The molecule has 4 nitrogen and oxygen atoms in total. The van der Waals surface area contributed by atoms with Gasteiger partial charge in [-0.2, -0.15) is 0 Å². The van der Waals surface area contributed by atoms with E-state index in [-0.39, 0.29) is 17.9 Å². The molecule has 2 fully saturated rings. The molecule has 2 bridgehead atoms. The second-order valence-electron chi connectivity index (χ2n) is 4.42. The summed E-state index contributed by atoms with van der Waals surface area (Å²) in [5.41, 5.74) is -0.345. The van der Waals surface area contributed by atoms with Crippen molar-refractivity contribution < 1.29 is 14.7 Å². The van der Waals surface area contributed by atoms with E-state index in [1.165, 1.54) is 0 Å². The van der Waals surface area contributed by atoms with Gasteiger partial charge in [-0.05, 0) is 25.7 Å². The molecule has 2 rings (SSSR count). The first-order valence-electron chi connectivity index (χ1n) is 5.07. The van der Waals surface area contributed by atoms with Crippen LogP contribution in [0.5, 0.6) is 0 Å². The highest BCUT2D eigenvalue weighted by molar-refractivity contribution is 5.77. The molecule has 0 saturated carbocycles. The van der Waals surface area contributed by atoms with Gasteiger partial charge >= 0.3 is 5.97 Å². The molecule has 0 aromatic rings. The number of aliphatic carboxylic acids is 1. The van der Waals surface area contributed by atoms with Crippen molar-refractivity contribution in [3.05, 3.63) is 0 Å². The molecule has 2 saturated heterocycles. The van der Waals surface area contributed by atoms with E-state index in [1.54, 1.807) is 6.92 Å². The van der Waals surface area contributed by atoms with Crippen LogP contribution in [0.15, 0.2) is 0 Å². The van der Waals surface area contributed by atoms with E-state index < -0.39 is 5.97 Å². The molecule has 78 valence electrons. The zero-order valence-corrected chi connectivity index (χ0v) is 8.32. The topological polar surface area (TPSA) is 57.6 Å². The standard InChI is InChI=1S/C10H15NO3/c1-7(12)11-8-2-4-10(11,5-3-8)6-9(13)14/h8H,2-6H2,1H3,(H,13,14). The first-order chi connectivity index (χ1) is 6.55. The quantitative estimate of drug-likeness (QED) is 0.718. The summed E-state index contributed by atoms with van der Waals surface area (Å²) in [6.45, 7) is 1.54. The van der Waals surface area contributed by atoms with Crippen molar-refractivity contribution in [1.82, 2.24) is 4.90 Å². The molecule has 2 aliphatic rings. The van der Waals surface area contributed by atoms with Crippen LogP contribution >= 0.6 is 0 Å². The summed E-state index contributed by atoms with van der Waals surface area (Å²) in [6.07, 6.45) is 3.80. The van der Waals surface area contributed by atoms with Crippen molar-refractivity contribution >= 4 is 11.9 Å². The van der Waals surface area contributed by atoms with E-state index in [4.69, 9.17) is 5.11 Å². The normalized spacial score (nSPS) is 34.9. The summed E-state index contributed by atoms with van der Waals surface area (Å²) in [6, 6.07) is 0.312. The molecule has 2 aliphatic heterocycles. The Bertz CT molecular complexity index is 279. The zero-order chi connectivity index (χ0) is 10.3. The number of carboxylic acids is 1. The fourth-order valence-corrected chi connectivity index (χ4v) is 3.16. The predicted octanol–water partition coefficient (Wildman–Crippen LogP) is 1.00. The van der Waals surface area contributed by atoms with Crippen LogP contribution in [0.1, 0.15) is 39.0 Å². The van der Waals surface area contributed by atoms with E-state index in [2.05, 4.69) is 0 Å². The average Bonchev–Trinajstić information content (AvgIpc) is 2.56. The lowest BCUT2D eigenvalue weighted by atomic mass is 9.85. The number of carbonyl (C=O) groups excluding carboxylic acids is 1. The minimum atomic E-state index is -0.793. The number of nitrogens with zero attached hydrogens (tertiary/aromatic N) is 1. The Morgan fingerprint density at radius 2 is 2.00 bits per heavy atom. The molecule has 2 heterocycles. The zero-order valence-electron chi connectivity index (χ0n) is 8.32. The van der Waals surface area contributed by atoms with E-state index >= 15 is 0 Å². The van der Waals surface area contributed by atoms with Gasteiger partial charge in [-0.1, -0.05) is 0 Å². The molecule has 0 atom stereocenters. The molecule has 14 heavy (non-hydrogen) atoms.